The molecule has 1 aromatic carbocycles. The number of alkyl halides is 1. The number of amides is 1. The number of hydrogen-bond donors (Lipinski definition) is 2. The van der Waals surface area contributed by atoms with Gasteiger partial charge in [0.15, 0.2) is 12.6 Å². The Morgan fingerprint density at radius 2 is 1.96 bits per heavy atom. The molecule has 2 rings (SSSR count). The van der Waals surface area contributed by atoms with Crippen molar-refractivity contribution in [1.29, 1.82) is 0 Å². The van der Waals surface area contributed by atoms with Crippen LogP contribution in [0.25, 0.3) is 0 Å². The van der Waals surface area contributed by atoms with Gasteiger partial charge in [-0.3, -0.25) is 4.79 Å². The number of ether oxygens (including phenoxy) is 1. The molecule has 0 radical (unpaired) electrons. The van der Waals surface area contributed by atoms with E-state index in [-0.39, 0.29) is 6.61 Å². The van der Waals surface area contributed by atoms with Crippen molar-refractivity contribution < 1.29 is 23.8 Å². The fourth-order valence-corrected chi connectivity index (χ4v) is 4.85. The Labute approximate surface area is 142 Å². The predicted octanol–water partition coefficient (Wildman–Crippen LogP) is 2.47. The second-order valence-corrected chi connectivity index (χ2v) is 7.62. The molecule has 0 bridgehead atoms. The minimum absolute atomic E-state index is 0.351. The zero-order valence-corrected chi connectivity index (χ0v) is 14.0. The predicted molar refractivity (Wildman–Crippen MR) is 89.8 cm³/mol. The first-order valence-electron chi connectivity index (χ1n) is 7.14. The van der Waals surface area contributed by atoms with Crippen LogP contribution in [0, 0.1) is 0 Å². The highest BCUT2D eigenvalue weighted by atomic mass is 32.2. The van der Waals surface area contributed by atoms with Gasteiger partial charge in [0.2, 0.25) is 0 Å². The number of benzene rings is 1. The van der Waals surface area contributed by atoms with Crippen molar-refractivity contribution >= 4 is 35.4 Å². The van der Waals surface area contributed by atoms with Gasteiger partial charge < -0.3 is 15.2 Å². The lowest BCUT2D eigenvalue weighted by atomic mass is 10.2. The molecule has 1 aliphatic rings. The second kappa shape index (κ2) is 9.02. The quantitative estimate of drug-likeness (QED) is 0.779. The molecule has 1 atom stereocenters. The highest BCUT2D eigenvalue weighted by Crippen LogP contribution is 2.43. The van der Waals surface area contributed by atoms with Gasteiger partial charge >= 0.3 is 5.97 Å². The Kier molecular flexibility index (Phi) is 7.04. The number of aliphatic carboxylic acids is 1. The van der Waals surface area contributed by atoms with Crippen molar-refractivity contribution in [2.24, 2.45) is 0 Å². The van der Waals surface area contributed by atoms with Crippen LogP contribution in [-0.2, 0) is 9.59 Å². The van der Waals surface area contributed by atoms with Gasteiger partial charge in [0, 0.05) is 0 Å². The van der Waals surface area contributed by atoms with E-state index in [1.165, 1.54) is 12.0 Å². The lowest BCUT2D eigenvalue weighted by Gasteiger charge is -2.21. The van der Waals surface area contributed by atoms with Crippen LogP contribution in [-0.4, -0.2) is 47.8 Å². The highest BCUT2D eigenvalue weighted by Gasteiger charge is 2.20. The maximum Gasteiger partial charge on any atom is 0.328 e. The Morgan fingerprint density at radius 1 is 1.30 bits per heavy atom. The van der Waals surface area contributed by atoms with E-state index in [9.17, 15) is 14.0 Å². The van der Waals surface area contributed by atoms with E-state index < -0.39 is 24.6 Å². The van der Waals surface area contributed by atoms with E-state index in [1.54, 1.807) is 12.1 Å². The Bertz CT molecular complexity index is 535. The SMILES string of the molecule is O=C(COc1ccc(C2SCCCS2)cc1)NC(CF)C(=O)O. The first kappa shape index (κ1) is 17.9. The minimum atomic E-state index is -1.53. The topological polar surface area (TPSA) is 75.6 Å². The molecule has 1 aliphatic heterocycles. The molecule has 1 aromatic rings. The van der Waals surface area contributed by atoms with Crippen LogP contribution < -0.4 is 10.1 Å². The number of thioether (sulfide) groups is 2. The fraction of sp³-hybridized carbons (Fsp3) is 0.467. The highest BCUT2D eigenvalue weighted by molar-refractivity contribution is 8.16. The van der Waals surface area contributed by atoms with Gasteiger partial charge in [0.05, 0.1) is 4.58 Å². The number of nitrogens with one attached hydrogen (secondary N) is 1. The molecule has 1 fully saturated rings. The monoisotopic (exact) mass is 359 g/mol. The van der Waals surface area contributed by atoms with Crippen LogP contribution in [0.4, 0.5) is 4.39 Å². The number of carbonyl (C=O) groups excluding carboxylic acids is 1. The van der Waals surface area contributed by atoms with E-state index >= 15 is 0 Å². The molecule has 0 aromatic heterocycles. The fourth-order valence-electron chi connectivity index (χ4n) is 1.95. The van der Waals surface area contributed by atoms with Gasteiger partial charge in [0.25, 0.3) is 5.91 Å². The number of hydrogen-bond acceptors (Lipinski definition) is 5. The van der Waals surface area contributed by atoms with Gasteiger partial charge in [-0.05, 0) is 35.6 Å². The molecule has 8 heteroatoms. The largest absolute Gasteiger partial charge is 0.484 e. The molecule has 23 heavy (non-hydrogen) atoms. The number of rotatable bonds is 7. The summed E-state index contributed by atoms with van der Waals surface area (Å²) < 4.78 is 18.1. The van der Waals surface area contributed by atoms with Gasteiger partial charge in [-0.15, -0.1) is 23.5 Å². The third kappa shape index (κ3) is 5.62. The van der Waals surface area contributed by atoms with Crippen LogP contribution >= 0.6 is 23.5 Å². The molecule has 1 unspecified atom stereocenters. The summed E-state index contributed by atoms with van der Waals surface area (Å²) in [5.41, 5.74) is 1.21. The Hall–Kier alpha value is -1.41. The number of carbonyl (C=O) groups is 2. The van der Waals surface area contributed by atoms with Crippen LogP contribution in [0.3, 0.4) is 0 Å². The number of halogens is 1. The van der Waals surface area contributed by atoms with Crippen molar-refractivity contribution in [3.63, 3.8) is 0 Å². The smallest absolute Gasteiger partial charge is 0.328 e. The zero-order chi connectivity index (χ0) is 16.7. The first-order chi connectivity index (χ1) is 11.1. The molecule has 2 N–H and O–H groups in total. The van der Waals surface area contributed by atoms with E-state index in [2.05, 4.69) is 5.32 Å². The molecular weight excluding hydrogens is 341 g/mol. The summed E-state index contributed by atoms with van der Waals surface area (Å²) >= 11 is 3.84. The zero-order valence-electron chi connectivity index (χ0n) is 12.4. The third-order valence-electron chi connectivity index (χ3n) is 3.14. The van der Waals surface area contributed by atoms with Gasteiger partial charge in [-0.25, -0.2) is 9.18 Å². The van der Waals surface area contributed by atoms with Crippen molar-refractivity contribution in [1.82, 2.24) is 5.32 Å². The lowest BCUT2D eigenvalue weighted by Crippen LogP contribution is -2.44. The van der Waals surface area contributed by atoms with Crippen LogP contribution in [0.1, 0.15) is 16.6 Å². The summed E-state index contributed by atoms with van der Waals surface area (Å²) in [4.78, 5) is 22.2. The molecule has 0 spiro atoms. The Morgan fingerprint density at radius 3 is 2.52 bits per heavy atom. The summed E-state index contributed by atoms with van der Waals surface area (Å²) in [5.74, 6) is 0.761. The average Bonchev–Trinajstić information content (AvgIpc) is 2.59. The molecular formula is C15H18FNO4S2. The van der Waals surface area contributed by atoms with Crippen molar-refractivity contribution in [3.8, 4) is 5.75 Å². The van der Waals surface area contributed by atoms with Crippen LogP contribution in [0.2, 0.25) is 0 Å². The van der Waals surface area contributed by atoms with Gasteiger partial charge in [-0.1, -0.05) is 12.1 Å². The molecule has 126 valence electrons. The second-order valence-electron chi connectivity index (χ2n) is 4.90. The third-order valence-corrected chi connectivity index (χ3v) is 6.15. The Balaban J connectivity index is 1.81. The molecule has 5 nitrogen and oxygen atoms in total. The van der Waals surface area contributed by atoms with Gasteiger partial charge in [-0.2, -0.15) is 0 Å². The maximum absolute atomic E-state index is 12.4. The summed E-state index contributed by atoms with van der Waals surface area (Å²) in [6.45, 7) is -1.51. The summed E-state index contributed by atoms with van der Waals surface area (Å²) in [6.07, 6.45) is 1.23. The molecule has 1 amide bonds. The standard InChI is InChI=1S/C15H18FNO4S2/c16-8-12(14(19)20)17-13(18)9-21-11-4-2-10(3-5-11)15-22-6-1-7-23-15/h2-5,12,15H,1,6-9H2,(H,17,18)(H,19,20). The number of carboxylic acids is 1. The molecule has 0 saturated carbocycles. The normalized spacial score (nSPS) is 16.6. The minimum Gasteiger partial charge on any atom is -0.484 e. The van der Waals surface area contributed by atoms with Crippen LogP contribution in [0.5, 0.6) is 5.75 Å². The van der Waals surface area contributed by atoms with E-state index in [0.717, 1.165) is 11.5 Å². The maximum atomic E-state index is 12.4. The summed E-state index contributed by atoms with van der Waals surface area (Å²) in [7, 11) is 0. The van der Waals surface area contributed by atoms with Crippen LogP contribution in [0.15, 0.2) is 24.3 Å². The molecule has 1 saturated heterocycles. The van der Waals surface area contributed by atoms with E-state index in [4.69, 9.17) is 9.84 Å². The van der Waals surface area contributed by atoms with Crippen molar-refractivity contribution in [2.45, 2.75) is 17.0 Å². The van der Waals surface area contributed by atoms with E-state index in [1.807, 2.05) is 35.7 Å². The summed E-state index contributed by atoms with van der Waals surface area (Å²) in [6, 6.07) is 5.95. The molecule has 0 aliphatic carbocycles. The lowest BCUT2D eigenvalue weighted by molar-refractivity contribution is -0.142. The average molecular weight is 359 g/mol. The first-order valence-corrected chi connectivity index (χ1v) is 9.24. The van der Waals surface area contributed by atoms with Crippen molar-refractivity contribution in [2.75, 3.05) is 24.8 Å². The number of carboxylic acid groups (broad SMARTS) is 1. The molecule has 1 heterocycles. The summed E-state index contributed by atoms with van der Waals surface area (Å²) in [5, 5.41) is 10.7. The van der Waals surface area contributed by atoms with E-state index in [0.29, 0.717) is 10.3 Å². The van der Waals surface area contributed by atoms with Crippen molar-refractivity contribution in [3.05, 3.63) is 29.8 Å². The van der Waals surface area contributed by atoms with Gasteiger partial charge in [0.1, 0.15) is 12.4 Å².